The number of halogens is 1. The van der Waals surface area contributed by atoms with E-state index in [2.05, 4.69) is 73.0 Å². The third kappa shape index (κ3) is 5.51. The van der Waals surface area contributed by atoms with Gasteiger partial charge in [0.25, 0.3) is 5.91 Å². The van der Waals surface area contributed by atoms with Gasteiger partial charge < -0.3 is 9.64 Å². The first-order chi connectivity index (χ1) is 19.7. The van der Waals surface area contributed by atoms with Crippen LogP contribution in [0.25, 0.3) is 0 Å². The molecule has 6 rings (SSSR count). The van der Waals surface area contributed by atoms with Crippen LogP contribution in [0, 0.1) is 13.8 Å². The zero-order valence-electron chi connectivity index (χ0n) is 24.4. The predicted molar refractivity (Wildman–Crippen MR) is 162 cm³/mol. The van der Waals surface area contributed by atoms with Crippen molar-refractivity contribution < 1.29 is 9.53 Å². The number of hydrogen-bond donors (Lipinski definition) is 0. The molecule has 2 fully saturated rings. The molecular weight excluding hydrogens is 580 g/mol. The first-order valence-corrected chi connectivity index (χ1v) is 15.5. The number of amides is 1. The lowest BCUT2D eigenvalue weighted by Crippen LogP contribution is -2.63. The molecule has 216 valence electrons. The van der Waals surface area contributed by atoms with Gasteiger partial charge in [-0.1, -0.05) is 28.1 Å². The topological polar surface area (TPSA) is 74.7 Å². The van der Waals surface area contributed by atoms with Crippen LogP contribution in [0.4, 0.5) is 0 Å². The van der Waals surface area contributed by atoms with Crippen molar-refractivity contribution in [3.8, 4) is 5.88 Å². The molecule has 0 saturated carbocycles. The molecule has 2 aromatic heterocycles. The molecule has 0 N–H and O–H groups in total. The van der Waals surface area contributed by atoms with Gasteiger partial charge in [-0.3, -0.25) is 14.6 Å². The molecule has 3 aliphatic rings. The molecule has 9 heteroatoms. The Bertz CT molecular complexity index is 1390. The number of pyridine rings is 1. The third-order valence-corrected chi connectivity index (χ3v) is 9.96. The smallest absolute Gasteiger partial charge is 0.256 e. The minimum absolute atomic E-state index is 0.0163. The van der Waals surface area contributed by atoms with Crippen LogP contribution in [0.1, 0.15) is 65.5 Å². The lowest BCUT2D eigenvalue weighted by molar-refractivity contribution is -0.0455. The van der Waals surface area contributed by atoms with Crippen LogP contribution in [0.15, 0.2) is 53.3 Å². The summed E-state index contributed by atoms with van der Waals surface area (Å²) < 4.78 is 7.64. The van der Waals surface area contributed by atoms with Crippen molar-refractivity contribution in [2.75, 3.05) is 32.7 Å². The molecule has 2 saturated heterocycles. The predicted octanol–water partition coefficient (Wildman–Crippen LogP) is 5.00. The lowest BCUT2D eigenvalue weighted by Gasteiger charge is -2.53. The summed E-state index contributed by atoms with van der Waals surface area (Å²) in [5, 5.41) is 8.12. The number of benzene rings is 1. The second-order valence-corrected chi connectivity index (χ2v) is 13.0. The van der Waals surface area contributed by atoms with E-state index in [1.165, 1.54) is 11.1 Å². The van der Waals surface area contributed by atoms with Crippen LogP contribution < -0.4 is 4.74 Å². The fraction of sp³-hybridized carbons (Fsp3) is 0.500. The fourth-order valence-corrected chi connectivity index (χ4v) is 7.51. The Morgan fingerprint density at radius 2 is 1.90 bits per heavy atom. The summed E-state index contributed by atoms with van der Waals surface area (Å²) in [6, 6.07) is 13.1. The van der Waals surface area contributed by atoms with Gasteiger partial charge in [0, 0.05) is 67.5 Å². The van der Waals surface area contributed by atoms with Crippen molar-refractivity contribution in [3.05, 3.63) is 81.2 Å². The molecule has 1 aliphatic carbocycles. The number of carbonyl (C=O) groups is 1. The van der Waals surface area contributed by atoms with Crippen LogP contribution in [0.3, 0.4) is 0 Å². The number of piperidine rings is 1. The van der Waals surface area contributed by atoms with Crippen LogP contribution in [0.5, 0.6) is 5.88 Å². The Morgan fingerprint density at radius 1 is 1.10 bits per heavy atom. The van der Waals surface area contributed by atoms with E-state index in [-0.39, 0.29) is 23.6 Å². The number of aromatic nitrogens is 3. The van der Waals surface area contributed by atoms with Crippen molar-refractivity contribution >= 4 is 21.8 Å². The number of piperazine rings is 1. The standard InChI is InChI=1S/C32H39BrN6O2/c1-21-19-35-36-23(3)29(21)31(40)37-13-10-32(4,11-14-37)38-15-16-39(22(2)20-38)30-26-9-8-25(33)17-24(26)18-27(30)41-28-7-5-6-12-34-28/h5-9,12,17,19,22,27,30H,10-11,13-16,18,20H2,1-4H3/t22-,27+,30+/m0/s1. The van der Waals surface area contributed by atoms with Crippen molar-refractivity contribution in [1.82, 2.24) is 29.9 Å². The fourth-order valence-electron chi connectivity index (χ4n) is 7.11. The van der Waals surface area contributed by atoms with Crippen molar-refractivity contribution in [2.24, 2.45) is 0 Å². The van der Waals surface area contributed by atoms with E-state index in [0.29, 0.717) is 23.2 Å². The van der Waals surface area contributed by atoms with Gasteiger partial charge in [-0.15, -0.1) is 0 Å². The van der Waals surface area contributed by atoms with E-state index in [9.17, 15) is 4.79 Å². The highest BCUT2D eigenvalue weighted by atomic mass is 79.9. The van der Waals surface area contributed by atoms with Crippen LogP contribution >= 0.6 is 15.9 Å². The van der Waals surface area contributed by atoms with Gasteiger partial charge in [0.2, 0.25) is 5.88 Å². The minimum Gasteiger partial charge on any atom is -0.472 e. The zero-order chi connectivity index (χ0) is 28.7. The Morgan fingerprint density at radius 3 is 2.61 bits per heavy atom. The molecule has 4 heterocycles. The monoisotopic (exact) mass is 618 g/mol. The van der Waals surface area contributed by atoms with Gasteiger partial charge >= 0.3 is 0 Å². The number of ether oxygens (including phenoxy) is 1. The third-order valence-electron chi connectivity index (χ3n) is 9.46. The molecular formula is C32H39BrN6O2. The maximum absolute atomic E-state index is 13.4. The molecule has 3 aromatic rings. The summed E-state index contributed by atoms with van der Waals surface area (Å²) in [4.78, 5) is 25.2. The van der Waals surface area contributed by atoms with Crippen molar-refractivity contribution in [1.29, 1.82) is 0 Å². The molecule has 2 aliphatic heterocycles. The van der Waals surface area contributed by atoms with Gasteiger partial charge in [0.15, 0.2) is 0 Å². The van der Waals surface area contributed by atoms with Gasteiger partial charge in [0.1, 0.15) is 6.10 Å². The van der Waals surface area contributed by atoms with Gasteiger partial charge in [-0.25, -0.2) is 4.98 Å². The highest BCUT2D eigenvalue weighted by Gasteiger charge is 2.45. The molecule has 0 bridgehead atoms. The molecule has 41 heavy (non-hydrogen) atoms. The second-order valence-electron chi connectivity index (χ2n) is 12.1. The zero-order valence-corrected chi connectivity index (χ0v) is 26.0. The Labute approximate surface area is 251 Å². The van der Waals surface area contributed by atoms with Gasteiger partial charge in [-0.2, -0.15) is 10.2 Å². The number of carbonyl (C=O) groups excluding carboxylic acids is 1. The first kappa shape index (κ1) is 28.2. The maximum Gasteiger partial charge on any atom is 0.256 e. The highest BCUT2D eigenvalue weighted by molar-refractivity contribution is 9.10. The minimum atomic E-state index is 0.0163. The molecule has 3 atom stereocenters. The largest absolute Gasteiger partial charge is 0.472 e. The summed E-state index contributed by atoms with van der Waals surface area (Å²) in [6.07, 6.45) is 6.30. The number of rotatable bonds is 5. The molecule has 0 spiro atoms. The summed E-state index contributed by atoms with van der Waals surface area (Å²) in [6.45, 7) is 13.0. The first-order valence-electron chi connectivity index (χ1n) is 14.7. The average molecular weight is 620 g/mol. The van der Waals surface area contributed by atoms with Crippen LogP contribution in [-0.4, -0.2) is 86.2 Å². The Hall–Kier alpha value is -2.88. The molecule has 1 amide bonds. The van der Waals surface area contributed by atoms with E-state index in [4.69, 9.17) is 4.74 Å². The average Bonchev–Trinajstić information content (AvgIpc) is 3.30. The highest BCUT2D eigenvalue weighted by Crippen LogP contribution is 2.42. The van der Waals surface area contributed by atoms with E-state index in [1.54, 1.807) is 12.4 Å². The van der Waals surface area contributed by atoms with Crippen molar-refractivity contribution in [3.63, 3.8) is 0 Å². The number of fused-ring (bicyclic) bond motifs is 1. The summed E-state index contributed by atoms with van der Waals surface area (Å²) >= 11 is 3.67. The summed E-state index contributed by atoms with van der Waals surface area (Å²) in [7, 11) is 0. The van der Waals surface area contributed by atoms with E-state index >= 15 is 0 Å². The molecule has 1 aromatic carbocycles. The van der Waals surface area contributed by atoms with Crippen LogP contribution in [-0.2, 0) is 6.42 Å². The summed E-state index contributed by atoms with van der Waals surface area (Å²) in [5.41, 5.74) is 5.09. The number of nitrogens with zero attached hydrogens (tertiary/aromatic N) is 6. The van der Waals surface area contributed by atoms with Crippen LogP contribution in [0.2, 0.25) is 0 Å². The summed E-state index contributed by atoms with van der Waals surface area (Å²) in [5.74, 6) is 0.767. The van der Waals surface area contributed by atoms with E-state index in [1.807, 2.05) is 36.9 Å². The SMILES string of the molecule is Cc1cnnc(C)c1C(=O)N1CCC(C)(N2CCN([C@@H]3c4ccc(Br)cc4C[C@H]3Oc3ccccn3)[C@@H](C)C2)CC1. The number of aryl methyl sites for hydroxylation is 2. The Balaban J connectivity index is 1.14. The molecule has 0 unspecified atom stereocenters. The van der Waals surface area contributed by atoms with Gasteiger partial charge in [-0.05, 0) is 75.4 Å². The quantitative estimate of drug-likeness (QED) is 0.398. The molecule has 8 nitrogen and oxygen atoms in total. The van der Waals surface area contributed by atoms with E-state index in [0.717, 1.165) is 62.0 Å². The number of likely N-dealkylation sites (tertiary alicyclic amines) is 1. The molecule has 0 radical (unpaired) electrons. The Kier molecular flexibility index (Phi) is 7.87. The second kappa shape index (κ2) is 11.4. The van der Waals surface area contributed by atoms with Gasteiger partial charge in [0.05, 0.1) is 23.5 Å². The van der Waals surface area contributed by atoms with E-state index < -0.39 is 0 Å². The number of hydrogen-bond acceptors (Lipinski definition) is 7. The lowest BCUT2D eigenvalue weighted by atomic mass is 9.86. The van der Waals surface area contributed by atoms with Crippen molar-refractivity contribution in [2.45, 2.75) is 70.7 Å². The maximum atomic E-state index is 13.4. The normalized spacial score (nSPS) is 24.7.